The van der Waals surface area contributed by atoms with Gasteiger partial charge in [-0.2, -0.15) is 0 Å². The van der Waals surface area contributed by atoms with E-state index in [-0.39, 0.29) is 5.54 Å². The van der Waals surface area contributed by atoms with Gasteiger partial charge in [0.25, 0.3) is 0 Å². The lowest BCUT2D eigenvalue weighted by Gasteiger charge is -2.33. The molecule has 0 saturated carbocycles. The van der Waals surface area contributed by atoms with Gasteiger partial charge < -0.3 is 5.73 Å². The largest absolute Gasteiger partial charge is 0.351 e. The van der Waals surface area contributed by atoms with Crippen molar-refractivity contribution in [3.8, 4) is 0 Å². The minimum atomic E-state index is -0.421. The maximum atomic E-state index is 10.8. The molecule has 0 unspecified atom stereocenters. The number of nitrogens with two attached hydrogens (primary N) is 1. The van der Waals surface area contributed by atoms with Gasteiger partial charge in [0.05, 0.1) is 5.54 Å². The summed E-state index contributed by atoms with van der Waals surface area (Å²) in [6, 6.07) is -0.421. The number of hydrogen-bond acceptors (Lipinski definition) is 1. The van der Waals surface area contributed by atoms with Gasteiger partial charge in [-0.05, 0) is 19.9 Å². The third-order valence-corrected chi connectivity index (χ3v) is 1.71. The maximum absolute atomic E-state index is 10.8. The molecule has 0 spiro atoms. The summed E-state index contributed by atoms with van der Waals surface area (Å²) >= 11 is 0. The number of urea groups is 1. The Hall–Kier alpha value is -1.25. The van der Waals surface area contributed by atoms with Crippen LogP contribution in [-0.4, -0.2) is 16.5 Å². The van der Waals surface area contributed by atoms with E-state index in [1.54, 1.807) is 12.3 Å². The third kappa shape index (κ3) is 1.42. The molecule has 2 N–H and O–H groups in total. The van der Waals surface area contributed by atoms with Crippen LogP contribution in [-0.2, 0) is 0 Å². The fourth-order valence-corrected chi connectivity index (χ4v) is 1.06. The summed E-state index contributed by atoms with van der Waals surface area (Å²) in [6.45, 7) is 3.86. The van der Waals surface area contributed by atoms with Gasteiger partial charge in [-0.1, -0.05) is 12.2 Å². The van der Waals surface area contributed by atoms with Crippen LogP contribution in [0.2, 0.25) is 0 Å². The zero-order chi connectivity index (χ0) is 8.48. The molecule has 60 valence electrons. The van der Waals surface area contributed by atoms with Crippen LogP contribution in [0.25, 0.3) is 0 Å². The van der Waals surface area contributed by atoms with Crippen LogP contribution in [0.15, 0.2) is 24.4 Å². The fourth-order valence-electron chi connectivity index (χ4n) is 1.06. The molecule has 3 nitrogen and oxygen atoms in total. The number of primary amides is 1. The topological polar surface area (TPSA) is 46.3 Å². The van der Waals surface area contributed by atoms with Gasteiger partial charge >= 0.3 is 6.03 Å². The molecule has 1 aliphatic rings. The summed E-state index contributed by atoms with van der Waals surface area (Å²) < 4.78 is 0. The number of carbonyl (C=O) groups is 1. The smallest absolute Gasteiger partial charge is 0.319 e. The van der Waals surface area contributed by atoms with Crippen molar-refractivity contribution >= 4 is 6.03 Å². The van der Waals surface area contributed by atoms with E-state index in [0.717, 1.165) is 0 Å². The van der Waals surface area contributed by atoms with E-state index in [1.165, 1.54) is 4.90 Å². The molecular formula is C8H12N2O. The Morgan fingerprint density at radius 1 is 1.45 bits per heavy atom. The highest BCUT2D eigenvalue weighted by molar-refractivity contribution is 5.74. The zero-order valence-electron chi connectivity index (χ0n) is 6.74. The molecule has 0 aromatic heterocycles. The van der Waals surface area contributed by atoms with E-state index in [2.05, 4.69) is 0 Å². The minimum Gasteiger partial charge on any atom is -0.351 e. The summed E-state index contributed by atoms with van der Waals surface area (Å²) in [7, 11) is 0. The van der Waals surface area contributed by atoms with Gasteiger partial charge in [0.1, 0.15) is 0 Å². The molecule has 0 saturated heterocycles. The second-order valence-electron chi connectivity index (χ2n) is 3.06. The van der Waals surface area contributed by atoms with E-state index < -0.39 is 6.03 Å². The Labute approximate surface area is 66.2 Å². The molecule has 0 atom stereocenters. The molecule has 0 fully saturated rings. The molecule has 1 rings (SSSR count). The monoisotopic (exact) mass is 152 g/mol. The molecule has 1 aliphatic heterocycles. The van der Waals surface area contributed by atoms with E-state index in [4.69, 9.17) is 5.73 Å². The van der Waals surface area contributed by atoms with Crippen LogP contribution < -0.4 is 5.73 Å². The highest BCUT2D eigenvalue weighted by Gasteiger charge is 2.25. The highest BCUT2D eigenvalue weighted by Crippen LogP contribution is 2.19. The second-order valence-corrected chi connectivity index (χ2v) is 3.06. The molecule has 3 heteroatoms. The van der Waals surface area contributed by atoms with Crippen molar-refractivity contribution < 1.29 is 4.79 Å². The van der Waals surface area contributed by atoms with Gasteiger partial charge in [-0.3, -0.25) is 4.90 Å². The maximum Gasteiger partial charge on any atom is 0.319 e. The molecule has 11 heavy (non-hydrogen) atoms. The summed E-state index contributed by atoms with van der Waals surface area (Å²) in [5.41, 5.74) is 4.85. The number of hydrogen-bond donors (Lipinski definition) is 1. The Balaban J connectivity index is 2.89. The van der Waals surface area contributed by atoms with Crippen LogP contribution in [0, 0.1) is 0 Å². The summed E-state index contributed by atoms with van der Waals surface area (Å²) in [5, 5.41) is 0. The van der Waals surface area contributed by atoms with Gasteiger partial charge in [0, 0.05) is 6.20 Å². The number of amides is 2. The van der Waals surface area contributed by atoms with Crippen molar-refractivity contribution in [3.05, 3.63) is 24.4 Å². The third-order valence-electron chi connectivity index (χ3n) is 1.71. The summed E-state index contributed by atoms with van der Waals surface area (Å²) in [6.07, 6.45) is 7.30. The van der Waals surface area contributed by atoms with Crippen LogP contribution in [0.5, 0.6) is 0 Å². The Kier molecular flexibility index (Phi) is 1.72. The van der Waals surface area contributed by atoms with E-state index in [1.807, 2.05) is 26.0 Å². The second kappa shape index (κ2) is 2.42. The molecule has 0 bridgehead atoms. The number of allylic oxidation sites excluding steroid dienone is 2. The van der Waals surface area contributed by atoms with Crippen molar-refractivity contribution in [1.29, 1.82) is 0 Å². The summed E-state index contributed by atoms with van der Waals surface area (Å²) in [5.74, 6) is 0. The molecule has 2 amide bonds. The minimum absolute atomic E-state index is 0.291. The molecule has 1 heterocycles. The highest BCUT2D eigenvalue weighted by atomic mass is 16.2. The predicted molar refractivity (Wildman–Crippen MR) is 43.8 cm³/mol. The number of nitrogens with zero attached hydrogens (tertiary/aromatic N) is 1. The lowest BCUT2D eigenvalue weighted by molar-refractivity contribution is 0.197. The molecule has 0 aromatic rings. The molecule has 0 aromatic carbocycles. The standard InChI is InChI=1S/C8H12N2O/c1-8(2)5-3-4-6-10(8)7(9)11/h3-6H,1-2H3,(H2,9,11). The number of rotatable bonds is 0. The number of carbonyl (C=O) groups excluding carboxylic acids is 1. The van der Waals surface area contributed by atoms with Crippen molar-refractivity contribution in [3.63, 3.8) is 0 Å². The van der Waals surface area contributed by atoms with Crippen molar-refractivity contribution in [2.45, 2.75) is 19.4 Å². The van der Waals surface area contributed by atoms with Crippen LogP contribution >= 0.6 is 0 Å². The first-order valence-corrected chi connectivity index (χ1v) is 3.49. The SMILES string of the molecule is CC1(C)C=CC=CN1C(N)=O. The lowest BCUT2D eigenvalue weighted by atomic mass is 10.0. The molecule has 0 radical (unpaired) electrons. The van der Waals surface area contributed by atoms with E-state index >= 15 is 0 Å². The quantitative estimate of drug-likeness (QED) is 0.557. The first kappa shape index (κ1) is 7.85. The van der Waals surface area contributed by atoms with Crippen molar-refractivity contribution in [2.24, 2.45) is 5.73 Å². The average Bonchev–Trinajstić information content (AvgIpc) is 1.85. The fraction of sp³-hybridized carbons (Fsp3) is 0.375. The Bertz CT molecular complexity index is 228. The normalized spacial score (nSPS) is 20.4. The van der Waals surface area contributed by atoms with Gasteiger partial charge in [0.2, 0.25) is 0 Å². The van der Waals surface area contributed by atoms with Gasteiger partial charge in [-0.15, -0.1) is 0 Å². The summed E-state index contributed by atoms with van der Waals surface area (Å²) in [4.78, 5) is 12.3. The van der Waals surface area contributed by atoms with Crippen molar-refractivity contribution in [1.82, 2.24) is 4.90 Å². The lowest BCUT2D eigenvalue weighted by Crippen LogP contribution is -2.46. The van der Waals surface area contributed by atoms with Crippen LogP contribution in [0.4, 0.5) is 4.79 Å². The van der Waals surface area contributed by atoms with Crippen LogP contribution in [0.1, 0.15) is 13.8 Å². The first-order chi connectivity index (χ1) is 5.04. The van der Waals surface area contributed by atoms with Gasteiger partial charge in [0.15, 0.2) is 0 Å². The van der Waals surface area contributed by atoms with Crippen LogP contribution in [0.3, 0.4) is 0 Å². The van der Waals surface area contributed by atoms with E-state index in [9.17, 15) is 4.79 Å². The van der Waals surface area contributed by atoms with E-state index in [0.29, 0.717) is 0 Å². The average molecular weight is 152 g/mol. The van der Waals surface area contributed by atoms with Crippen molar-refractivity contribution in [2.75, 3.05) is 0 Å². The molecule has 0 aliphatic carbocycles. The predicted octanol–water partition coefficient (Wildman–Crippen LogP) is 1.23. The van der Waals surface area contributed by atoms with Gasteiger partial charge in [-0.25, -0.2) is 4.79 Å². The Morgan fingerprint density at radius 2 is 2.09 bits per heavy atom. The Morgan fingerprint density at radius 3 is 2.45 bits per heavy atom. The molecular weight excluding hydrogens is 140 g/mol. The zero-order valence-corrected chi connectivity index (χ0v) is 6.74. The first-order valence-electron chi connectivity index (χ1n) is 3.49.